The van der Waals surface area contributed by atoms with Gasteiger partial charge in [0.15, 0.2) is 5.82 Å². The van der Waals surface area contributed by atoms with Gasteiger partial charge < -0.3 is 10.6 Å². The SMILES string of the molecule is O=C(C(=C1NCCCN1)[N+](=O)[O-])c1ccccc1. The first-order valence-corrected chi connectivity index (χ1v) is 5.66. The zero-order valence-corrected chi connectivity index (χ0v) is 9.68. The van der Waals surface area contributed by atoms with Crippen molar-refractivity contribution in [2.45, 2.75) is 6.42 Å². The number of nitro groups is 1. The van der Waals surface area contributed by atoms with Crippen molar-refractivity contribution in [2.24, 2.45) is 0 Å². The predicted molar refractivity (Wildman–Crippen MR) is 65.4 cm³/mol. The van der Waals surface area contributed by atoms with E-state index in [0.717, 1.165) is 6.42 Å². The molecule has 2 N–H and O–H groups in total. The fourth-order valence-corrected chi connectivity index (χ4v) is 1.76. The second kappa shape index (κ2) is 5.31. The Morgan fingerprint density at radius 2 is 1.78 bits per heavy atom. The van der Waals surface area contributed by atoms with Gasteiger partial charge >= 0.3 is 5.70 Å². The van der Waals surface area contributed by atoms with Crippen LogP contribution in [0.3, 0.4) is 0 Å². The summed E-state index contributed by atoms with van der Waals surface area (Å²) in [7, 11) is 0. The molecule has 1 fully saturated rings. The molecule has 0 aromatic heterocycles. The van der Waals surface area contributed by atoms with Crippen molar-refractivity contribution in [1.29, 1.82) is 0 Å². The highest BCUT2D eigenvalue weighted by Crippen LogP contribution is 2.12. The van der Waals surface area contributed by atoms with Crippen molar-refractivity contribution in [3.05, 3.63) is 57.5 Å². The number of carbonyl (C=O) groups is 1. The first-order valence-electron chi connectivity index (χ1n) is 5.66. The summed E-state index contributed by atoms with van der Waals surface area (Å²) in [5, 5.41) is 16.8. The minimum atomic E-state index is -0.643. The lowest BCUT2D eigenvalue weighted by Crippen LogP contribution is -2.38. The largest absolute Gasteiger partial charge is 0.366 e. The van der Waals surface area contributed by atoms with Gasteiger partial charge in [0.1, 0.15) is 0 Å². The van der Waals surface area contributed by atoms with Crippen LogP contribution in [0, 0.1) is 10.1 Å². The van der Waals surface area contributed by atoms with Crippen molar-refractivity contribution >= 4 is 5.78 Å². The van der Waals surface area contributed by atoms with E-state index in [9.17, 15) is 14.9 Å². The molecule has 1 heterocycles. The normalized spacial score (nSPS) is 14.3. The molecular formula is C12H13N3O3. The number of hydrogen-bond acceptors (Lipinski definition) is 5. The van der Waals surface area contributed by atoms with E-state index in [1.54, 1.807) is 30.3 Å². The van der Waals surface area contributed by atoms with E-state index < -0.39 is 16.4 Å². The molecule has 0 saturated carbocycles. The molecule has 94 valence electrons. The molecule has 6 nitrogen and oxygen atoms in total. The fourth-order valence-electron chi connectivity index (χ4n) is 1.76. The molecule has 0 atom stereocenters. The van der Waals surface area contributed by atoms with E-state index in [1.165, 1.54) is 0 Å². The Hall–Kier alpha value is -2.37. The smallest absolute Gasteiger partial charge is 0.356 e. The quantitative estimate of drug-likeness (QED) is 0.359. The van der Waals surface area contributed by atoms with E-state index in [0.29, 0.717) is 18.7 Å². The van der Waals surface area contributed by atoms with Crippen molar-refractivity contribution in [2.75, 3.05) is 13.1 Å². The zero-order valence-electron chi connectivity index (χ0n) is 9.68. The van der Waals surface area contributed by atoms with Gasteiger partial charge in [-0.2, -0.15) is 0 Å². The Morgan fingerprint density at radius 3 is 2.33 bits per heavy atom. The zero-order chi connectivity index (χ0) is 13.0. The summed E-state index contributed by atoms with van der Waals surface area (Å²) in [6, 6.07) is 8.24. The van der Waals surface area contributed by atoms with Gasteiger partial charge in [0, 0.05) is 18.7 Å². The van der Waals surface area contributed by atoms with Crippen LogP contribution in [0.4, 0.5) is 0 Å². The maximum Gasteiger partial charge on any atom is 0.356 e. The van der Waals surface area contributed by atoms with E-state index in [-0.39, 0.29) is 5.82 Å². The van der Waals surface area contributed by atoms with Gasteiger partial charge in [-0.15, -0.1) is 0 Å². The molecule has 6 heteroatoms. The molecule has 18 heavy (non-hydrogen) atoms. The van der Waals surface area contributed by atoms with Crippen molar-refractivity contribution in [1.82, 2.24) is 10.6 Å². The molecule has 0 radical (unpaired) electrons. The Kier molecular flexibility index (Phi) is 3.57. The van der Waals surface area contributed by atoms with Gasteiger partial charge in [0.05, 0.1) is 4.92 Å². The fraction of sp³-hybridized carbons (Fsp3) is 0.250. The minimum Gasteiger partial charge on any atom is -0.366 e. The van der Waals surface area contributed by atoms with Crippen LogP contribution in [-0.4, -0.2) is 23.8 Å². The van der Waals surface area contributed by atoms with Crippen LogP contribution >= 0.6 is 0 Å². The molecule has 0 aliphatic carbocycles. The molecule has 0 amide bonds. The second-order valence-corrected chi connectivity index (χ2v) is 3.88. The lowest BCUT2D eigenvalue weighted by molar-refractivity contribution is -0.418. The van der Waals surface area contributed by atoms with Crippen LogP contribution in [0.5, 0.6) is 0 Å². The van der Waals surface area contributed by atoms with Crippen LogP contribution in [-0.2, 0) is 0 Å². The lowest BCUT2D eigenvalue weighted by Gasteiger charge is -2.18. The molecule has 0 bridgehead atoms. The molecule has 1 aliphatic rings. The van der Waals surface area contributed by atoms with Gasteiger partial charge in [-0.05, 0) is 6.42 Å². The van der Waals surface area contributed by atoms with E-state index >= 15 is 0 Å². The number of benzene rings is 1. The lowest BCUT2D eigenvalue weighted by atomic mass is 10.1. The molecule has 1 aliphatic heterocycles. The number of Topliss-reactive ketones (excluding diaryl/α,β-unsaturated/α-hetero) is 1. The van der Waals surface area contributed by atoms with Crippen molar-refractivity contribution < 1.29 is 9.72 Å². The first-order chi connectivity index (χ1) is 8.70. The van der Waals surface area contributed by atoms with Crippen LogP contribution in [0.1, 0.15) is 16.8 Å². The summed E-state index contributed by atoms with van der Waals surface area (Å²) in [6.45, 7) is 1.25. The maximum absolute atomic E-state index is 12.1. The molecule has 2 rings (SSSR count). The predicted octanol–water partition coefficient (Wildman–Crippen LogP) is 0.898. The van der Waals surface area contributed by atoms with Crippen molar-refractivity contribution in [3.8, 4) is 0 Å². The van der Waals surface area contributed by atoms with Gasteiger partial charge in [-0.25, -0.2) is 0 Å². The third-order valence-electron chi connectivity index (χ3n) is 2.63. The summed E-state index contributed by atoms with van der Waals surface area (Å²) in [4.78, 5) is 22.5. The first kappa shape index (κ1) is 12.1. The Labute approximate surface area is 104 Å². The van der Waals surface area contributed by atoms with Gasteiger partial charge in [0.25, 0.3) is 5.78 Å². The van der Waals surface area contributed by atoms with Crippen LogP contribution in [0.15, 0.2) is 41.8 Å². The van der Waals surface area contributed by atoms with Crippen LogP contribution in [0.25, 0.3) is 0 Å². The third kappa shape index (κ3) is 2.48. The summed E-state index contributed by atoms with van der Waals surface area (Å²) in [5.41, 5.74) is -0.119. The summed E-state index contributed by atoms with van der Waals surface area (Å²) in [6.07, 6.45) is 0.869. The summed E-state index contributed by atoms with van der Waals surface area (Å²) < 4.78 is 0. The maximum atomic E-state index is 12.1. The number of hydrogen-bond donors (Lipinski definition) is 2. The number of nitrogens with one attached hydrogen (secondary N) is 2. The average molecular weight is 247 g/mol. The highest BCUT2D eigenvalue weighted by molar-refractivity contribution is 6.07. The van der Waals surface area contributed by atoms with E-state index in [4.69, 9.17) is 0 Å². The van der Waals surface area contributed by atoms with Crippen LogP contribution in [0.2, 0.25) is 0 Å². The molecular weight excluding hydrogens is 234 g/mol. The average Bonchev–Trinajstić information content (AvgIpc) is 2.40. The van der Waals surface area contributed by atoms with Gasteiger partial charge in [-0.3, -0.25) is 14.9 Å². The van der Waals surface area contributed by atoms with E-state index in [2.05, 4.69) is 10.6 Å². The Bertz CT molecular complexity index is 489. The Morgan fingerprint density at radius 1 is 1.17 bits per heavy atom. The highest BCUT2D eigenvalue weighted by atomic mass is 16.6. The second-order valence-electron chi connectivity index (χ2n) is 3.88. The molecule has 1 saturated heterocycles. The van der Waals surface area contributed by atoms with Gasteiger partial charge in [0.2, 0.25) is 0 Å². The highest BCUT2D eigenvalue weighted by Gasteiger charge is 2.29. The number of nitrogens with zero attached hydrogens (tertiary/aromatic N) is 1. The molecule has 1 aromatic rings. The summed E-state index contributed by atoms with van der Waals surface area (Å²) in [5.74, 6) is -0.377. The topological polar surface area (TPSA) is 84.3 Å². The standard InChI is InChI=1S/C12H13N3O3/c16-11(9-5-2-1-3-6-9)10(15(17)18)12-13-7-4-8-14-12/h1-3,5-6,13-14H,4,7-8H2. The Balaban J connectivity index is 2.37. The summed E-state index contributed by atoms with van der Waals surface area (Å²) >= 11 is 0. The minimum absolute atomic E-state index is 0.208. The number of carbonyl (C=O) groups excluding carboxylic acids is 1. The number of rotatable bonds is 3. The van der Waals surface area contributed by atoms with Crippen LogP contribution < -0.4 is 10.6 Å². The molecule has 1 aromatic carbocycles. The monoisotopic (exact) mass is 247 g/mol. The van der Waals surface area contributed by atoms with Gasteiger partial charge in [-0.1, -0.05) is 30.3 Å². The molecule has 0 unspecified atom stereocenters. The number of allylic oxidation sites excluding steroid dienone is 1. The third-order valence-corrected chi connectivity index (χ3v) is 2.63. The number of ketones is 1. The van der Waals surface area contributed by atoms with Crippen molar-refractivity contribution in [3.63, 3.8) is 0 Å². The van der Waals surface area contributed by atoms with E-state index in [1.807, 2.05) is 0 Å². The molecule has 0 spiro atoms.